The van der Waals surface area contributed by atoms with Gasteiger partial charge in [0.25, 0.3) is 0 Å². The topological polar surface area (TPSA) is 16.4 Å². The molecule has 2 nitrogen and oxygen atoms in total. The quantitative estimate of drug-likeness (QED) is 0.728. The predicted octanol–water partition coefficient (Wildman–Crippen LogP) is 2.91. The molecule has 0 aliphatic carbocycles. The molecule has 0 aliphatic rings. The van der Waals surface area contributed by atoms with E-state index in [0.29, 0.717) is 0 Å². The summed E-state index contributed by atoms with van der Waals surface area (Å²) in [6.07, 6.45) is 2.20. The van der Waals surface area contributed by atoms with Crippen molar-refractivity contribution in [3.05, 3.63) is 35.2 Å². The Labute approximate surface area is 84.6 Å². The normalized spacial score (nSPS) is 10.9. The third kappa shape index (κ3) is 1.10. The Morgan fingerprint density at radius 3 is 2.50 bits per heavy atom. The van der Waals surface area contributed by atoms with Crippen LogP contribution in [-0.2, 0) is 0 Å². The molecule has 2 aromatic heterocycles. The van der Waals surface area contributed by atoms with E-state index >= 15 is 0 Å². The first-order valence-electron chi connectivity index (χ1n) is 4.90. The molecule has 0 amide bonds. The molecule has 74 valence electrons. The number of anilines is 1. The van der Waals surface area contributed by atoms with Crippen molar-refractivity contribution < 1.29 is 0 Å². The van der Waals surface area contributed by atoms with Gasteiger partial charge >= 0.3 is 0 Å². The molecule has 0 unspecified atom stereocenters. The van der Waals surface area contributed by atoms with E-state index in [1.165, 1.54) is 28.0 Å². The lowest BCUT2D eigenvalue weighted by Crippen LogP contribution is -1.99. The first-order valence-corrected chi connectivity index (χ1v) is 4.90. The summed E-state index contributed by atoms with van der Waals surface area (Å²) in [4.78, 5) is 0. The van der Waals surface area contributed by atoms with Crippen molar-refractivity contribution in [2.24, 2.45) is 0 Å². The van der Waals surface area contributed by atoms with Crippen molar-refractivity contribution in [3.63, 3.8) is 0 Å². The molecule has 2 rings (SSSR count). The minimum atomic E-state index is 1.23. The van der Waals surface area contributed by atoms with E-state index in [1.54, 1.807) is 0 Å². The zero-order valence-corrected chi connectivity index (χ0v) is 9.18. The summed E-state index contributed by atoms with van der Waals surface area (Å²) in [6, 6.07) is 4.31. The van der Waals surface area contributed by atoms with E-state index < -0.39 is 0 Å². The molecule has 0 saturated carbocycles. The number of aryl methyl sites for hydroxylation is 2. The Morgan fingerprint density at radius 1 is 1.14 bits per heavy atom. The molecule has 2 aromatic rings. The molecule has 1 N–H and O–H groups in total. The van der Waals surface area contributed by atoms with E-state index in [9.17, 15) is 0 Å². The zero-order chi connectivity index (χ0) is 10.3. The largest absolute Gasteiger partial charge is 0.386 e. The van der Waals surface area contributed by atoms with Gasteiger partial charge in [-0.05, 0) is 44.0 Å². The molecule has 0 aliphatic heterocycles. The van der Waals surface area contributed by atoms with Gasteiger partial charge < -0.3 is 9.72 Å². The number of nitrogens with one attached hydrogen (secondary N) is 1. The van der Waals surface area contributed by atoms with Gasteiger partial charge in [0.05, 0.1) is 11.2 Å². The number of nitrogens with zero attached hydrogens (tertiary/aromatic N) is 1. The fraction of sp³-hybridized carbons (Fsp3) is 0.333. The molecular formula is C12H16N2. The molecule has 2 heteroatoms. The highest BCUT2D eigenvalue weighted by Crippen LogP contribution is 2.25. The first-order chi connectivity index (χ1) is 6.65. The summed E-state index contributed by atoms with van der Waals surface area (Å²) in [5.74, 6) is 0. The SMILES string of the molecule is CNc1c(C)c(C)cn2c(C)ccc12. The summed E-state index contributed by atoms with van der Waals surface area (Å²) >= 11 is 0. The average Bonchev–Trinajstić information content (AvgIpc) is 2.51. The lowest BCUT2D eigenvalue weighted by molar-refractivity contribution is 1.08. The second-order valence-electron chi connectivity index (χ2n) is 3.79. The lowest BCUT2D eigenvalue weighted by atomic mass is 10.1. The maximum Gasteiger partial charge on any atom is 0.0688 e. The Hall–Kier alpha value is -1.44. The van der Waals surface area contributed by atoms with Crippen molar-refractivity contribution in [2.75, 3.05) is 12.4 Å². The summed E-state index contributed by atoms with van der Waals surface area (Å²) in [7, 11) is 1.98. The van der Waals surface area contributed by atoms with Gasteiger partial charge in [-0.15, -0.1) is 0 Å². The monoisotopic (exact) mass is 188 g/mol. The fourth-order valence-electron chi connectivity index (χ4n) is 1.92. The minimum absolute atomic E-state index is 1.23. The first kappa shape index (κ1) is 9.13. The van der Waals surface area contributed by atoms with Gasteiger partial charge in [-0.3, -0.25) is 0 Å². The van der Waals surface area contributed by atoms with Crippen LogP contribution in [0.1, 0.15) is 16.8 Å². The maximum absolute atomic E-state index is 3.27. The van der Waals surface area contributed by atoms with E-state index in [1.807, 2.05) is 7.05 Å². The Kier molecular flexibility index (Phi) is 1.99. The molecule has 14 heavy (non-hydrogen) atoms. The van der Waals surface area contributed by atoms with Gasteiger partial charge in [-0.2, -0.15) is 0 Å². The third-order valence-electron chi connectivity index (χ3n) is 2.92. The van der Waals surface area contributed by atoms with Crippen molar-refractivity contribution in [1.29, 1.82) is 0 Å². The van der Waals surface area contributed by atoms with E-state index in [2.05, 4.69) is 48.8 Å². The van der Waals surface area contributed by atoms with Crippen LogP contribution in [-0.4, -0.2) is 11.4 Å². The van der Waals surface area contributed by atoms with Crippen LogP contribution in [0.2, 0.25) is 0 Å². The Bertz CT molecular complexity index is 481. The molecule has 0 bridgehead atoms. The molecule has 2 heterocycles. The second kappa shape index (κ2) is 3.05. The lowest BCUT2D eigenvalue weighted by Gasteiger charge is -2.12. The number of hydrogen-bond donors (Lipinski definition) is 1. The highest BCUT2D eigenvalue weighted by atomic mass is 14.9. The highest BCUT2D eigenvalue weighted by Gasteiger charge is 2.07. The summed E-state index contributed by atoms with van der Waals surface area (Å²) < 4.78 is 2.23. The molecule has 0 spiro atoms. The van der Waals surface area contributed by atoms with Crippen LogP contribution in [0.4, 0.5) is 5.69 Å². The minimum Gasteiger partial charge on any atom is -0.386 e. The van der Waals surface area contributed by atoms with Crippen molar-refractivity contribution >= 4 is 11.2 Å². The van der Waals surface area contributed by atoms with E-state index in [4.69, 9.17) is 0 Å². The van der Waals surface area contributed by atoms with E-state index in [-0.39, 0.29) is 0 Å². The number of rotatable bonds is 1. The summed E-state index contributed by atoms with van der Waals surface area (Å²) in [6.45, 7) is 6.43. The predicted molar refractivity (Wildman–Crippen MR) is 61.2 cm³/mol. The smallest absolute Gasteiger partial charge is 0.0688 e. The number of aromatic nitrogens is 1. The maximum atomic E-state index is 3.27. The molecule has 0 saturated heterocycles. The van der Waals surface area contributed by atoms with Crippen LogP contribution in [0, 0.1) is 20.8 Å². The average molecular weight is 188 g/mol. The molecule has 0 fully saturated rings. The van der Waals surface area contributed by atoms with E-state index in [0.717, 1.165) is 0 Å². The number of pyridine rings is 1. The summed E-state index contributed by atoms with van der Waals surface area (Å²) in [5.41, 5.74) is 6.42. The number of hydrogen-bond acceptors (Lipinski definition) is 1. The fourth-order valence-corrected chi connectivity index (χ4v) is 1.92. The highest BCUT2D eigenvalue weighted by molar-refractivity contribution is 5.77. The van der Waals surface area contributed by atoms with Crippen molar-refractivity contribution in [3.8, 4) is 0 Å². The van der Waals surface area contributed by atoms with Crippen LogP contribution in [0.3, 0.4) is 0 Å². The summed E-state index contributed by atoms with van der Waals surface area (Å²) in [5, 5.41) is 3.27. The van der Waals surface area contributed by atoms with Crippen LogP contribution in [0.25, 0.3) is 5.52 Å². The third-order valence-corrected chi connectivity index (χ3v) is 2.92. The molecule has 0 aromatic carbocycles. The van der Waals surface area contributed by atoms with Gasteiger partial charge in [-0.1, -0.05) is 0 Å². The van der Waals surface area contributed by atoms with Gasteiger partial charge in [0, 0.05) is 18.9 Å². The van der Waals surface area contributed by atoms with Crippen molar-refractivity contribution in [2.45, 2.75) is 20.8 Å². The van der Waals surface area contributed by atoms with Gasteiger partial charge in [-0.25, -0.2) is 0 Å². The van der Waals surface area contributed by atoms with Crippen LogP contribution < -0.4 is 5.32 Å². The standard InChI is InChI=1S/C12H16N2/c1-8-7-14-9(2)5-6-11(14)12(13-4)10(8)3/h5-7,13H,1-4H3. The molecule has 0 radical (unpaired) electrons. The van der Waals surface area contributed by atoms with Crippen LogP contribution in [0.5, 0.6) is 0 Å². The number of fused-ring (bicyclic) bond motifs is 1. The van der Waals surface area contributed by atoms with Gasteiger partial charge in [0.15, 0.2) is 0 Å². The Morgan fingerprint density at radius 2 is 1.86 bits per heavy atom. The van der Waals surface area contributed by atoms with Gasteiger partial charge in [0.2, 0.25) is 0 Å². The van der Waals surface area contributed by atoms with Crippen LogP contribution in [0.15, 0.2) is 18.3 Å². The zero-order valence-electron chi connectivity index (χ0n) is 9.18. The molecular weight excluding hydrogens is 172 g/mol. The van der Waals surface area contributed by atoms with Crippen LogP contribution >= 0.6 is 0 Å². The second-order valence-corrected chi connectivity index (χ2v) is 3.79. The molecule has 0 atom stereocenters. The Balaban J connectivity index is 2.90. The van der Waals surface area contributed by atoms with Gasteiger partial charge in [0.1, 0.15) is 0 Å². The van der Waals surface area contributed by atoms with Crippen molar-refractivity contribution in [1.82, 2.24) is 4.40 Å².